The molecule has 0 saturated carbocycles. The number of nitrogens with zero attached hydrogens (tertiary/aromatic N) is 5. The fraction of sp³-hybridized carbons (Fsp3) is 0.579. The zero-order valence-corrected chi connectivity index (χ0v) is 17.0. The van der Waals surface area contributed by atoms with E-state index >= 15 is 0 Å². The van der Waals surface area contributed by atoms with Crippen LogP contribution >= 0.6 is 0 Å². The Morgan fingerprint density at radius 2 is 2.24 bits per heavy atom. The lowest BCUT2D eigenvalue weighted by Crippen LogP contribution is -2.33. The highest BCUT2D eigenvalue weighted by Gasteiger charge is 2.29. The number of anilines is 1. The molecule has 10 nitrogen and oxygen atoms in total. The highest BCUT2D eigenvalue weighted by molar-refractivity contribution is 5.88. The van der Waals surface area contributed by atoms with Crippen LogP contribution in [0.4, 0.5) is 5.82 Å². The molecule has 0 aromatic carbocycles. The number of ether oxygens (including phenoxy) is 1. The Morgan fingerprint density at radius 3 is 2.86 bits per heavy atom. The lowest BCUT2D eigenvalue weighted by Gasteiger charge is -2.23. The smallest absolute Gasteiger partial charge is 0.199 e. The van der Waals surface area contributed by atoms with E-state index in [4.69, 9.17) is 20.1 Å². The van der Waals surface area contributed by atoms with Crippen molar-refractivity contribution >= 4 is 16.9 Å². The zero-order valence-electron chi connectivity index (χ0n) is 17.0. The van der Waals surface area contributed by atoms with Crippen LogP contribution < -0.4 is 15.8 Å². The third-order valence-electron chi connectivity index (χ3n) is 5.23. The number of imidazole rings is 1. The number of aromatic nitrogens is 5. The summed E-state index contributed by atoms with van der Waals surface area (Å²) in [4.78, 5) is 9.19. The van der Waals surface area contributed by atoms with Gasteiger partial charge in [-0.25, -0.2) is 9.61 Å². The third kappa shape index (κ3) is 3.65. The van der Waals surface area contributed by atoms with Crippen LogP contribution in [0.25, 0.3) is 22.6 Å². The molecule has 10 heteroatoms. The Kier molecular flexibility index (Phi) is 5.13. The van der Waals surface area contributed by atoms with E-state index in [1.54, 1.807) is 20.0 Å². The van der Waals surface area contributed by atoms with Crippen molar-refractivity contribution in [2.24, 2.45) is 5.92 Å². The predicted octanol–water partition coefficient (Wildman–Crippen LogP) is 1.69. The molecular weight excluding hydrogens is 374 g/mol. The average molecular weight is 401 g/mol. The van der Waals surface area contributed by atoms with Gasteiger partial charge in [-0.3, -0.25) is 4.98 Å². The minimum atomic E-state index is -1.18. The molecule has 4 N–H and O–H groups in total. The summed E-state index contributed by atoms with van der Waals surface area (Å²) in [5.74, 6) is 1.72. The Balaban J connectivity index is 1.83. The Hall–Kier alpha value is -2.72. The second-order valence-electron chi connectivity index (χ2n) is 7.93. The number of aliphatic hydroxyl groups is 1. The van der Waals surface area contributed by atoms with Gasteiger partial charge < -0.3 is 25.5 Å². The summed E-state index contributed by atoms with van der Waals surface area (Å²) >= 11 is 0. The van der Waals surface area contributed by atoms with Crippen molar-refractivity contribution in [1.82, 2.24) is 30.2 Å². The van der Waals surface area contributed by atoms with Crippen LogP contribution in [0.5, 0.6) is 5.75 Å². The molecule has 1 unspecified atom stereocenters. The maximum Gasteiger partial charge on any atom is 0.199 e. The summed E-state index contributed by atoms with van der Waals surface area (Å²) in [6.07, 6.45) is 3.94. The van der Waals surface area contributed by atoms with E-state index in [-0.39, 0.29) is 5.82 Å². The third-order valence-corrected chi connectivity index (χ3v) is 5.23. The van der Waals surface area contributed by atoms with Crippen LogP contribution in [0.3, 0.4) is 0 Å². The first-order valence-corrected chi connectivity index (χ1v) is 9.94. The van der Waals surface area contributed by atoms with E-state index in [0.29, 0.717) is 47.5 Å². The summed E-state index contributed by atoms with van der Waals surface area (Å²) < 4.78 is 12.9. The van der Waals surface area contributed by atoms with Gasteiger partial charge in [0, 0.05) is 19.0 Å². The molecule has 1 fully saturated rings. The van der Waals surface area contributed by atoms with Gasteiger partial charge >= 0.3 is 0 Å². The number of nitrogens with one attached hydrogen (secondary N) is 1. The predicted molar refractivity (Wildman–Crippen MR) is 107 cm³/mol. The maximum absolute atomic E-state index is 10.6. The molecule has 3 aromatic rings. The van der Waals surface area contributed by atoms with Crippen molar-refractivity contribution < 1.29 is 14.5 Å². The number of pyridine rings is 1. The molecule has 156 valence electrons. The fourth-order valence-corrected chi connectivity index (χ4v) is 3.78. The van der Waals surface area contributed by atoms with Gasteiger partial charge in [0.15, 0.2) is 23.1 Å². The molecule has 0 aliphatic carbocycles. The quantitative estimate of drug-likeness (QED) is 0.563. The second-order valence-corrected chi connectivity index (χ2v) is 7.93. The number of fused-ring (bicyclic) bond motifs is 1. The van der Waals surface area contributed by atoms with Gasteiger partial charge in [0.1, 0.15) is 16.6 Å². The molecule has 0 amide bonds. The molecule has 0 spiro atoms. The minimum Gasteiger partial charge on any atom is -0.489 e. The fourth-order valence-electron chi connectivity index (χ4n) is 3.78. The van der Waals surface area contributed by atoms with Gasteiger partial charge in [0.25, 0.3) is 0 Å². The maximum atomic E-state index is 10.6. The molecule has 29 heavy (non-hydrogen) atoms. The van der Waals surface area contributed by atoms with Gasteiger partial charge in [-0.15, -0.1) is 0 Å². The number of piperidine rings is 1. The van der Waals surface area contributed by atoms with Crippen LogP contribution in [0, 0.1) is 5.92 Å². The van der Waals surface area contributed by atoms with Gasteiger partial charge in [0.05, 0.1) is 18.5 Å². The van der Waals surface area contributed by atoms with Crippen LogP contribution in [-0.4, -0.2) is 49.7 Å². The van der Waals surface area contributed by atoms with Gasteiger partial charge in [0.2, 0.25) is 0 Å². The second kappa shape index (κ2) is 7.60. The number of hydrogen-bond acceptors (Lipinski definition) is 9. The van der Waals surface area contributed by atoms with E-state index in [1.165, 1.54) is 0 Å². The van der Waals surface area contributed by atoms with E-state index in [2.05, 4.69) is 20.6 Å². The van der Waals surface area contributed by atoms with Gasteiger partial charge in [-0.2, -0.15) is 0 Å². The van der Waals surface area contributed by atoms with E-state index in [1.807, 2.05) is 11.5 Å². The average Bonchev–Trinajstić information content (AvgIpc) is 3.29. The van der Waals surface area contributed by atoms with Crippen LogP contribution in [0.1, 0.15) is 39.3 Å². The lowest BCUT2D eigenvalue weighted by atomic mass is 10.0. The van der Waals surface area contributed by atoms with Crippen molar-refractivity contribution in [3.8, 4) is 17.3 Å². The van der Waals surface area contributed by atoms with Crippen molar-refractivity contribution in [3.05, 3.63) is 11.9 Å². The topological polar surface area (TPSA) is 137 Å². The molecular formula is C19H27N7O3. The van der Waals surface area contributed by atoms with Crippen LogP contribution in [-0.2, 0) is 12.1 Å². The standard InChI is InChI=1S/C19H27N7O3/c1-4-26-15-12(28-10-11-6-5-7-21-8-11)9-22-16(19(2,3)27)13(15)23-18(26)14-17(20)25-29-24-14/h9,11,21,27H,4-8,10H2,1-3H3,(H2,20,25). The highest BCUT2D eigenvalue weighted by Crippen LogP contribution is 2.36. The SMILES string of the molecule is CCn1c(-c2nonc2N)nc2c(C(C)(C)O)ncc(OCC3CCCNC3)c21. The summed E-state index contributed by atoms with van der Waals surface area (Å²) in [6.45, 7) is 8.53. The van der Waals surface area contributed by atoms with Crippen molar-refractivity contribution in [2.75, 3.05) is 25.4 Å². The molecule has 0 radical (unpaired) electrons. The van der Waals surface area contributed by atoms with Crippen molar-refractivity contribution in [1.29, 1.82) is 0 Å². The first kappa shape index (κ1) is 19.6. The van der Waals surface area contributed by atoms with E-state index < -0.39 is 5.60 Å². The minimum absolute atomic E-state index is 0.156. The number of nitrogens with two attached hydrogens (primary N) is 1. The Morgan fingerprint density at radius 1 is 1.41 bits per heavy atom. The number of aryl methyl sites for hydroxylation is 1. The molecule has 4 rings (SSSR count). The summed E-state index contributed by atoms with van der Waals surface area (Å²) in [7, 11) is 0. The first-order valence-electron chi connectivity index (χ1n) is 9.94. The number of hydrogen-bond donors (Lipinski definition) is 3. The molecule has 1 atom stereocenters. The van der Waals surface area contributed by atoms with Crippen molar-refractivity contribution in [3.63, 3.8) is 0 Å². The van der Waals surface area contributed by atoms with Gasteiger partial charge in [-0.1, -0.05) is 0 Å². The Bertz CT molecular complexity index is 999. The largest absolute Gasteiger partial charge is 0.489 e. The molecule has 1 aliphatic rings. The molecule has 0 bridgehead atoms. The van der Waals surface area contributed by atoms with E-state index in [0.717, 1.165) is 31.4 Å². The number of rotatable bonds is 6. The monoisotopic (exact) mass is 401 g/mol. The molecule has 3 aromatic heterocycles. The summed E-state index contributed by atoms with van der Waals surface area (Å²) in [6, 6.07) is 0. The van der Waals surface area contributed by atoms with Gasteiger partial charge in [-0.05, 0) is 50.5 Å². The zero-order chi connectivity index (χ0) is 20.6. The lowest BCUT2D eigenvalue weighted by molar-refractivity contribution is 0.0753. The Labute approximate surface area is 168 Å². The number of nitrogen functional groups attached to an aromatic ring is 1. The van der Waals surface area contributed by atoms with E-state index in [9.17, 15) is 5.11 Å². The summed E-state index contributed by atoms with van der Waals surface area (Å²) in [5.41, 5.74) is 6.85. The van der Waals surface area contributed by atoms with Crippen LogP contribution in [0.15, 0.2) is 10.8 Å². The first-order chi connectivity index (χ1) is 13.9. The summed E-state index contributed by atoms with van der Waals surface area (Å²) in [5, 5.41) is 21.6. The molecule has 4 heterocycles. The van der Waals surface area contributed by atoms with Crippen molar-refractivity contribution in [2.45, 2.75) is 45.8 Å². The molecule has 1 aliphatic heterocycles. The van der Waals surface area contributed by atoms with Crippen LogP contribution in [0.2, 0.25) is 0 Å². The highest BCUT2D eigenvalue weighted by atomic mass is 16.6. The molecule has 1 saturated heterocycles. The normalized spacial score (nSPS) is 17.7.